The fourth-order valence-corrected chi connectivity index (χ4v) is 2.26. The molecular weight excluding hydrogens is 268 g/mol. The highest BCUT2D eigenvalue weighted by Gasteiger charge is 2.14. The minimum Gasteiger partial charge on any atom is -0.374 e. The molecule has 0 spiro atoms. The van der Waals surface area contributed by atoms with Crippen LogP contribution in [0, 0.1) is 5.92 Å². The lowest BCUT2D eigenvalue weighted by molar-refractivity contribution is 0.424. The van der Waals surface area contributed by atoms with Gasteiger partial charge in [0.2, 0.25) is 0 Å². The van der Waals surface area contributed by atoms with Gasteiger partial charge >= 0.3 is 0 Å². The molecule has 3 heteroatoms. The molecule has 0 fully saturated rings. The molecule has 0 aliphatic rings. The van der Waals surface area contributed by atoms with Crippen molar-refractivity contribution in [3.8, 4) is 0 Å². The zero-order valence-electron chi connectivity index (χ0n) is 13.8. The van der Waals surface area contributed by atoms with Crippen molar-refractivity contribution in [3.63, 3.8) is 0 Å². The number of hydrogen-bond acceptors (Lipinski definition) is 2. The molecule has 0 aromatic heterocycles. The van der Waals surface area contributed by atoms with Crippen molar-refractivity contribution >= 4 is 17.3 Å². The van der Waals surface area contributed by atoms with E-state index in [4.69, 9.17) is 11.6 Å². The molecule has 1 atom stereocenters. The summed E-state index contributed by atoms with van der Waals surface area (Å²) >= 11 is 6.17. The van der Waals surface area contributed by atoms with Crippen molar-refractivity contribution in [1.29, 1.82) is 0 Å². The molecule has 0 aliphatic heterocycles. The van der Waals surface area contributed by atoms with Gasteiger partial charge in [-0.1, -0.05) is 37.9 Å². The molecule has 0 heterocycles. The second-order valence-corrected chi connectivity index (χ2v) is 7.21. The van der Waals surface area contributed by atoms with Crippen molar-refractivity contribution < 1.29 is 0 Å². The highest BCUT2D eigenvalue weighted by atomic mass is 35.5. The van der Waals surface area contributed by atoms with Gasteiger partial charge in [0.15, 0.2) is 0 Å². The van der Waals surface area contributed by atoms with Crippen LogP contribution in [0.15, 0.2) is 18.2 Å². The van der Waals surface area contributed by atoms with E-state index in [1.54, 1.807) is 0 Å². The SMILES string of the molecule is CCC(C)CN(C)c1cc(Cl)ccc1CNC(C)(C)C. The fourth-order valence-electron chi connectivity index (χ4n) is 2.10. The molecule has 1 unspecified atom stereocenters. The summed E-state index contributed by atoms with van der Waals surface area (Å²) in [7, 11) is 2.15. The van der Waals surface area contributed by atoms with Crippen LogP contribution in [0.3, 0.4) is 0 Å². The van der Waals surface area contributed by atoms with Gasteiger partial charge in [0.1, 0.15) is 0 Å². The van der Waals surface area contributed by atoms with Crippen LogP contribution in [0.1, 0.15) is 46.6 Å². The van der Waals surface area contributed by atoms with Gasteiger partial charge in [-0.15, -0.1) is 0 Å². The molecule has 0 aliphatic carbocycles. The smallest absolute Gasteiger partial charge is 0.0426 e. The van der Waals surface area contributed by atoms with Crippen LogP contribution in [0.25, 0.3) is 0 Å². The first kappa shape index (κ1) is 17.3. The first-order chi connectivity index (χ1) is 9.23. The summed E-state index contributed by atoms with van der Waals surface area (Å²) in [5.41, 5.74) is 2.65. The maximum absolute atomic E-state index is 6.17. The van der Waals surface area contributed by atoms with Crippen LogP contribution in [0.5, 0.6) is 0 Å². The Labute approximate surface area is 129 Å². The van der Waals surface area contributed by atoms with Gasteiger partial charge in [0.25, 0.3) is 0 Å². The van der Waals surface area contributed by atoms with Crippen molar-refractivity contribution in [1.82, 2.24) is 5.32 Å². The summed E-state index contributed by atoms with van der Waals surface area (Å²) in [5, 5.41) is 4.35. The first-order valence-corrected chi connectivity index (χ1v) is 7.85. The van der Waals surface area contributed by atoms with Crippen molar-refractivity contribution in [2.24, 2.45) is 5.92 Å². The number of nitrogens with zero attached hydrogens (tertiary/aromatic N) is 1. The first-order valence-electron chi connectivity index (χ1n) is 7.47. The number of hydrogen-bond donors (Lipinski definition) is 1. The molecule has 1 rings (SSSR count). The Kier molecular flexibility index (Phi) is 6.35. The molecule has 0 radical (unpaired) electrons. The number of halogens is 1. The summed E-state index contributed by atoms with van der Waals surface area (Å²) in [6.45, 7) is 13.0. The lowest BCUT2D eigenvalue weighted by Gasteiger charge is -2.27. The van der Waals surface area contributed by atoms with Gasteiger partial charge in [-0.25, -0.2) is 0 Å². The average molecular weight is 297 g/mol. The Morgan fingerprint density at radius 1 is 1.30 bits per heavy atom. The molecule has 2 nitrogen and oxygen atoms in total. The summed E-state index contributed by atoms with van der Waals surface area (Å²) in [6, 6.07) is 6.18. The molecule has 0 saturated heterocycles. The quantitative estimate of drug-likeness (QED) is 0.818. The highest BCUT2D eigenvalue weighted by molar-refractivity contribution is 6.30. The van der Waals surface area contributed by atoms with E-state index in [-0.39, 0.29) is 5.54 Å². The highest BCUT2D eigenvalue weighted by Crippen LogP contribution is 2.25. The van der Waals surface area contributed by atoms with Crippen LogP contribution >= 0.6 is 11.6 Å². The van der Waals surface area contributed by atoms with Gasteiger partial charge < -0.3 is 10.2 Å². The van der Waals surface area contributed by atoms with Crippen LogP contribution in [0.4, 0.5) is 5.69 Å². The van der Waals surface area contributed by atoms with Gasteiger partial charge in [-0.05, 0) is 44.4 Å². The van der Waals surface area contributed by atoms with E-state index >= 15 is 0 Å². The van der Waals surface area contributed by atoms with Crippen molar-refractivity contribution in [3.05, 3.63) is 28.8 Å². The summed E-state index contributed by atoms with van der Waals surface area (Å²) in [4.78, 5) is 2.32. The molecule has 20 heavy (non-hydrogen) atoms. The van der Waals surface area contributed by atoms with Crippen LogP contribution in [-0.4, -0.2) is 19.1 Å². The van der Waals surface area contributed by atoms with Crippen LogP contribution in [0.2, 0.25) is 5.02 Å². The Morgan fingerprint density at radius 2 is 1.95 bits per heavy atom. The zero-order chi connectivity index (χ0) is 15.3. The Hall–Kier alpha value is -0.730. The second-order valence-electron chi connectivity index (χ2n) is 6.77. The largest absolute Gasteiger partial charge is 0.374 e. The summed E-state index contributed by atoms with van der Waals surface area (Å²) < 4.78 is 0. The van der Waals surface area contributed by atoms with Gasteiger partial charge in [-0.2, -0.15) is 0 Å². The van der Waals surface area contributed by atoms with Crippen molar-refractivity contribution in [2.45, 2.75) is 53.1 Å². The monoisotopic (exact) mass is 296 g/mol. The molecule has 1 aromatic rings. The molecule has 1 N–H and O–H groups in total. The van der Waals surface area contributed by atoms with E-state index < -0.39 is 0 Å². The predicted molar refractivity (Wildman–Crippen MR) is 90.8 cm³/mol. The van der Waals surface area contributed by atoms with E-state index in [1.807, 2.05) is 6.07 Å². The maximum Gasteiger partial charge on any atom is 0.0426 e. The minimum absolute atomic E-state index is 0.117. The van der Waals surface area contributed by atoms with E-state index in [2.05, 4.69) is 64.0 Å². The molecule has 0 saturated carbocycles. The molecule has 1 aromatic carbocycles. The van der Waals surface area contributed by atoms with Crippen LogP contribution in [-0.2, 0) is 6.54 Å². The molecular formula is C17H29ClN2. The number of rotatable bonds is 6. The standard InChI is InChI=1S/C17H29ClN2/c1-7-13(2)12-20(6)16-10-15(18)9-8-14(16)11-19-17(3,4)5/h8-10,13,19H,7,11-12H2,1-6H3. The number of benzene rings is 1. The van der Waals surface area contributed by atoms with Crippen LogP contribution < -0.4 is 10.2 Å². The normalized spacial score (nSPS) is 13.3. The lowest BCUT2D eigenvalue weighted by atomic mass is 10.1. The lowest BCUT2D eigenvalue weighted by Crippen LogP contribution is -2.35. The third kappa shape index (κ3) is 5.72. The predicted octanol–water partition coefficient (Wildman–Crippen LogP) is 4.71. The van der Waals surface area contributed by atoms with E-state index in [0.29, 0.717) is 5.92 Å². The summed E-state index contributed by atoms with van der Waals surface area (Å²) in [6.07, 6.45) is 1.19. The van der Waals surface area contributed by atoms with E-state index in [0.717, 1.165) is 18.1 Å². The topological polar surface area (TPSA) is 15.3 Å². The van der Waals surface area contributed by atoms with E-state index in [1.165, 1.54) is 17.7 Å². The Bertz CT molecular complexity index is 423. The third-order valence-electron chi connectivity index (χ3n) is 3.55. The van der Waals surface area contributed by atoms with Gasteiger partial charge in [0.05, 0.1) is 0 Å². The Morgan fingerprint density at radius 3 is 2.50 bits per heavy atom. The van der Waals surface area contributed by atoms with E-state index in [9.17, 15) is 0 Å². The average Bonchev–Trinajstić information content (AvgIpc) is 2.35. The Balaban J connectivity index is 2.89. The maximum atomic E-state index is 6.17. The minimum atomic E-state index is 0.117. The van der Waals surface area contributed by atoms with Gasteiger partial charge in [0, 0.05) is 36.4 Å². The molecule has 114 valence electrons. The van der Waals surface area contributed by atoms with Crippen molar-refractivity contribution in [2.75, 3.05) is 18.5 Å². The molecule has 0 amide bonds. The van der Waals surface area contributed by atoms with Gasteiger partial charge in [-0.3, -0.25) is 0 Å². The number of anilines is 1. The molecule has 0 bridgehead atoms. The summed E-state index contributed by atoms with van der Waals surface area (Å²) in [5.74, 6) is 0.683. The second kappa shape index (κ2) is 7.33. The third-order valence-corrected chi connectivity index (χ3v) is 3.79. The zero-order valence-corrected chi connectivity index (χ0v) is 14.5. The fraction of sp³-hybridized carbons (Fsp3) is 0.647. The number of nitrogens with one attached hydrogen (secondary N) is 1.